The monoisotopic (exact) mass is 378 g/mol. The van der Waals surface area contributed by atoms with Crippen molar-refractivity contribution in [1.29, 1.82) is 0 Å². The van der Waals surface area contributed by atoms with Crippen molar-refractivity contribution in [2.45, 2.75) is 38.3 Å². The van der Waals surface area contributed by atoms with E-state index in [0.29, 0.717) is 10.6 Å². The number of hydrogen-bond acceptors (Lipinski definition) is 4. The second-order valence-corrected chi connectivity index (χ2v) is 7.58. The zero-order valence-corrected chi connectivity index (χ0v) is 16.4. The van der Waals surface area contributed by atoms with Crippen LogP contribution in [-0.4, -0.2) is 34.3 Å². The molecule has 0 N–H and O–H groups in total. The van der Waals surface area contributed by atoms with Crippen LogP contribution < -0.4 is 4.74 Å². The molecule has 1 aliphatic heterocycles. The summed E-state index contributed by atoms with van der Waals surface area (Å²) in [5.74, 6) is 0.723. The van der Waals surface area contributed by atoms with Crippen molar-refractivity contribution >= 4 is 28.8 Å². The van der Waals surface area contributed by atoms with E-state index in [1.165, 1.54) is 0 Å². The van der Waals surface area contributed by atoms with Gasteiger partial charge in [-0.3, -0.25) is 14.7 Å². The Hall–Kier alpha value is -2.53. The number of amides is 1. The third-order valence-electron chi connectivity index (χ3n) is 5.41. The molecular weight excluding hydrogens is 356 g/mol. The van der Waals surface area contributed by atoms with Crippen molar-refractivity contribution in [3.8, 4) is 5.75 Å². The van der Waals surface area contributed by atoms with Crippen LogP contribution >= 0.6 is 12.2 Å². The Kier molecular flexibility index (Phi) is 4.56. The van der Waals surface area contributed by atoms with Crippen molar-refractivity contribution in [1.82, 2.24) is 4.90 Å². The van der Waals surface area contributed by atoms with Crippen LogP contribution in [0.3, 0.4) is 0 Å². The SMILES string of the molecule is COc1ccc(C2=NC3(CCCC3)N(C(=O)c3ccc(C)cc3)C2=S)cc1. The highest BCUT2D eigenvalue weighted by molar-refractivity contribution is 7.82. The molecule has 1 fully saturated rings. The van der Waals surface area contributed by atoms with Crippen LogP contribution in [0.5, 0.6) is 5.75 Å². The number of aryl methyl sites for hydroxylation is 1. The predicted octanol–water partition coefficient (Wildman–Crippen LogP) is 4.55. The molecular formula is C22H22N2O2S. The van der Waals surface area contributed by atoms with Crippen LogP contribution in [0.2, 0.25) is 0 Å². The maximum atomic E-state index is 13.4. The smallest absolute Gasteiger partial charge is 0.260 e. The van der Waals surface area contributed by atoms with Gasteiger partial charge in [-0.1, -0.05) is 29.9 Å². The summed E-state index contributed by atoms with van der Waals surface area (Å²) in [5.41, 5.74) is 2.90. The first kappa shape index (κ1) is 17.9. The Balaban J connectivity index is 1.73. The molecule has 2 aromatic rings. The van der Waals surface area contributed by atoms with Gasteiger partial charge in [-0.15, -0.1) is 0 Å². The lowest BCUT2D eigenvalue weighted by Crippen LogP contribution is -2.48. The number of methoxy groups -OCH3 is 1. The van der Waals surface area contributed by atoms with E-state index < -0.39 is 5.66 Å². The van der Waals surface area contributed by atoms with Crippen molar-refractivity contribution in [2.75, 3.05) is 7.11 Å². The second kappa shape index (κ2) is 6.89. The van der Waals surface area contributed by atoms with E-state index in [4.69, 9.17) is 21.9 Å². The molecule has 0 radical (unpaired) electrons. The number of carbonyl (C=O) groups excluding carboxylic acids is 1. The van der Waals surface area contributed by atoms with Gasteiger partial charge in [-0.2, -0.15) is 0 Å². The van der Waals surface area contributed by atoms with Gasteiger partial charge in [0.25, 0.3) is 5.91 Å². The molecule has 4 rings (SSSR count). The Morgan fingerprint density at radius 2 is 1.70 bits per heavy atom. The summed E-state index contributed by atoms with van der Waals surface area (Å²) in [6, 6.07) is 15.3. The highest BCUT2D eigenvalue weighted by Gasteiger charge is 2.50. The van der Waals surface area contributed by atoms with Crippen LogP contribution in [-0.2, 0) is 0 Å². The average Bonchev–Trinajstić information content (AvgIpc) is 3.27. The summed E-state index contributed by atoms with van der Waals surface area (Å²) in [6.45, 7) is 2.01. The standard InChI is InChI=1S/C22H22N2O2S/c1-15-5-7-17(8-6-15)20(25)24-21(27)19(23-22(24)13-3-4-14-22)16-9-11-18(26-2)12-10-16/h5-12H,3-4,13-14H2,1-2H3. The van der Waals surface area contributed by atoms with Gasteiger partial charge < -0.3 is 4.74 Å². The van der Waals surface area contributed by atoms with Gasteiger partial charge in [0, 0.05) is 11.1 Å². The normalized spacial score (nSPS) is 18.1. The zero-order valence-electron chi connectivity index (χ0n) is 15.6. The average molecular weight is 378 g/mol. The fourth-order valence-corrected chi connectivity index (χ4v) is 4.34. The molecule has 1 amide bonds. The van der Waals surface area contributed by atoms with Gasteiger partial charge in [0.2, 0.25) is 0 Å². The van der Waals surface area contributed by atoms with E-state index in [-0.39, 0.29) is 5.91 Å². The number of hydrogen-bond donors (Lipinski definition) is 0. The van der Waals surface area contributed by atoms with Crippen molar-refractivity contribution in [3.63, 3.8) is 0 Å². The topological polar surface area (TPSA) is 41.9 Å². The molecule has 138 valence electrons. The van der Waals surface area contributed by atoms with E-state index in [1.54, 1.807) is 12.0 Å². The number of thiocarbonyl (C=S) groups is 1. The largest absolute Gasteiger partial charge is 0.497 e. The Morgan fingerprint density at radius 3 is 2.30 bits per heavy atom. The summed E-state index contributed by atoms with van der Waals surface area (Å²) in [4.78, 5) is 20.6. The van der Waals surface area contributed by atoms with Crippen molar-refractivity contribution < 1.29 is 9.53 Å². The minimum absolute atomic E-state index is 0.0610. The highest BCUT2D eigenvalue weighted by Crippen LogP contribution is 2.42. The molecule has 4 nitrogen and oxygen atoms in total. The summed E-state index contributed by atoms with van der Waals surface area (Å²) in [7, 11) is 1.64. The number of aliphatic imine (C=N–C) groups is 1. The Morgan fingerprint density at radius 1 is 1.07 bits per heavy atom. The quantitative estimate of drug-likeness (QED) is 0.736. The Bertz CT molecular complexity index is 910. The van der Waals surface area contributed by atoms with E-state index in [2.05, 4.69) is 0 Å². The first-order chi connectivity index (χ1) is 13.0. The number of nitrogens with zero attached hydrogens (tertiary/aromatic N) is 2. The predicted molar refractivity (Wildman–Crippen MR) is 111 cm³/mol. The molecule has 2 aromatic carbocycles. The molecule has 0 aromatic heterocycles. The van der Waals surface area contributed by atoms with E-state index in [0.717, 1.165) is 48.3 Å². The van der Waals surface area contributed by atoms with Crippen LogP contribution in [0.1, 0.15) is 47.2 Å². The van der Waals surface area contributed by atoms with E-state index in [9.17, 15) is 4.79 Å². The van der Waals surface area contributed by atoms with Crippen LogP contribution in [0.15, 0.2) is 53.5 Å². The van der Waals surface area contributed by atoms with Gasteiger partial charge >= 0.3 is 0 Å². The fraction of sp³-hybridized carbons (Fsp3) is 0.318. The molecule has 0 unspecified atom stereocenters. The summed E-state index contributed by atoms with van der Waals surface area (Å²) >= 11 is 5.76. The van der Waals surface area contributed by atoms with Crippen LogP contribution in [0.4, 0.5) is 0 Å². The van der Waals surface area contributed by atoms with Gasteiger partial charge in [0.15, 0.2) is 0 Å². The second-order valence-electron chi connectivity index (χ2n) is 7.19. The molecule has 1 saturated carbocycles. The first-order valence-corrected chi connectivity index (χ1v) is 9.65. The third kappa shape index (κ3) is 3.06. The van der Waals surface area contributed by atoms with Gasteiger partial charge in [0.1, 0.15) is 22.1 Å². The summed E-state index contributed by atoms with van der Waals surface area (Å²) < 4.78 is 5.24. The third-order valence-corrected chi connectivity index (χ3v) is 5.79. The summed E-state index contributed by atoms with van der Waals surface area (Å²) in [6.07, 6.45) is 3.81. The lowest BCUT2D eigenvalue weighted by atomic mass is 10.1. The Labute approximate surface area is 164 Å². The van der Waals surface area contributed by atoms with Gasteiger partial charge in [-0.05, 0) is 69.0 Å². The molecule has 0 bridgehead atoms. The molecule has 5 heteroatoms. The molecule has 1 heterocycles. The van der Waals surface area contributed by atoms with Gasteiger partial charge in [-0.25, -0.2) is 0 Å². The maximum absolute atomic E-state index is 13.4. The minimum Gasteiger partial charge on any atom is -0.497 e. The number of ether oxygens (including phenoxy) is 1. The highest BCUT2D eigenvalue weighted by atomic mass is 32.1. The number of carbonyl (C=O) groups is 1. The lowest BCUT2D eigenvalue weighted by Gasteiger charge is -2.32. The molecule has 1 aliphatic carbocycles. The molecule has 2 aliphatic rings. The molecule has 1 spiro atoms. The van der Waals surface area contributed by atoms with Crippen LogP contribution in [0, 0.1) is 6.92 Å². The van der Waals surface area contributed by atoms with Gasteiger partial charge in [0.05, 0.1) is 7.11 Å². The van der Waals surface area contributed by atoms with Crippen molar-refractivity contribution in [3.05, 3.63) is 65.2 Å². The van der Waals surface area contributed by atoms with Crippen molar-refractivity contribution in [2.24, 2.45) is 4.99 Å². The molecule has 0 atom stereocenters. The lowest BCUT2D eigenvalue weighted by molar-refractivity contribution is 0.0724. The fourth-order valence-electron chi connectivity index (χ4n) is 3.92. The first-order valence-electron chi connectivity index (χ1n) is 9.24. The summed E-state index contributed by atoms with van der Waals surface area (Å²) in [5, 5.41) is 0. The maximum Gasteiger partial charge on any atom is 0.260 e. The number of benzene rings is 2. The van der Waals surface area contributed by atoms with E-state index >= 15 is 0 Å². The van der Waals surface area contributed by atoms with E-state index in [1.807, 2.05) is 55.5 Å². The molecule has 0 saturated heterocycles. The number of rotatable bonds is 3. The van der Waals surface area contributed by atoms with Crippen LogP contribution in [0.25, 0.3) is 0 Å². The molecule has 27 heavy (non-hydrogen) atoms. The minimum atomic E-state index is -0.533. The zero-order chi connectivity index (χ0) is 19.0.